The molecule has 1 heterocycles. The van der Waals surface area contributed by atoms with Gasteiger partial charge in [0.2, 0.25) is 0 Å². The van der Waals surface area contributed by atoms with E-state index >= 15 is 0 Å². The number of rotatable bonds is 8. The van der Waals surface area contributed by atoms with Crippen molar-refractivity contribution in [3.63, 3.8) is 0 Å². The summed E-state index contributed by atoms with van der Waals surface area (Å²) in [6.07, 6.45) is 0. The maximum absolute atomic E-state index is 12.1. The lowest BCUT2D eigenvalue weighted by atomic mass is 10.1. The number of aryl methyl sites for hydroxylation is 1. The van der Waals surface area contributed by atoms with Crippen LogP contribution < -0.4 is 5.32 Å². The summed E-state index contributed by atoms with van der Waals surface area (Å²) in [6, 6.07) is 4.01. The van der Waals surface area contributed by atoms with E-state index in [0.29, 0.717) is 5.56 Å². The fourth-order valence-corrected chi connectivity index (χ4v) is 6.33. The lowest BCUT2D eigenvalue weighted by Crippen LogP contribution is -2.27. The minimum atomic E-state index is -4.68. The highest BCUT2D eigenvalue weighted by Gasteiger charge is 2.55. The SMILES string of the molecule is Cc1ccc(C(=O)NCCS2(OO)CC2OS(=O)(=O)O)cc1S(O)(O)O. The number of nitrogens with one attached hydrogen (secondary N) is 1. The molecule has 26 heavy (non-hydrogen) atoms. The number of carbonyl (C=O) groups is 1. The lowest BCUT2D eigenvalue weighted by molar-refractivity contribution is -0.122. The molecule has 2 rings (SSSR count). The van der Waals surface area contributed by atoms with Crippen LogP contribution in [0.3, 0.4) is 0 Å². The van der Waals surface area contributed by atoms with Crippen LogP contribution in [0.15, 0.2) is 23.1 Å². The van der Waals surface area contributed by atoms with Gasteiger partial charge in [-0.3, -0.25) is 9.35 Å². The van der Waals surface area contributed by atoms with E-state index in [9.17, 15) is 26.9 Å². The van der Waals surface area contributed by atoms with Gasteiger partial charge in [-0.25, -0.2) is 9.44 Å². The number of amides is 1. The summed E-state index contributed by atoms with van der Waals surface area (Å²) in [5, 5.41) is 11.4. The summed E-state index contributed by atoms with van der Waals surface area (Å²) < 4.78 is 66.7. The Morgan fingerprint density at radius 2 is 1.96 bits per heavy atom. The fourth-order valence-electron chi connectivity index (χ4n) is 2.23. The Bertz CT molecular complexity index is 793. The normalized spacial score (nSPS) is 26.0. The molecular weight excluding hydrogens is 414 g/mol. The van der Waals surface area contributed by atoms with Crippen molar-refractivity contribution in [2.24, 2.45) is 0 Å². The second-order valence-corrected chi connectivity index (χ2v) is 11.2. The maximum atomic E-state index is 12.1. The van der Waals surface area contributed by atoms with Gasteiger partial charge in [0.1, 0.15) is 16.3 Å². The molecule has 0 aromatic heterocycles. The van der Waals surface area contributed by atoms with Crippen LogP contribution in [-0.2, 0) is 18.9 Å². The smallest absolute Gasteiger partial charge is 0.351 e. The van der Waals surface area contributed by atoms with E-state index in [1.165, 1.54) is 19.1 Å². The van der Waals surface area contributed by atoms with E-state index in [1.807, 2.05) is 0 Å². The summed E-state index contributed by atoms with van der Waals surface area (Å²) in [5.74, 6) is -0.432. The van der Waals surface area contributed by atoms with Crippen LogP contribution in [0.2, 0.25) is 0 Å². The second kappa shape index (κ2) is 7.59. The Labute approximate surface area is 152 Å². The highest BCUT2D eigenvalue weighted by atomic mass is 32.3. The first kappa shape index (κ1) is 21.4. The number of hydrogen-bond donors (Lipinski definition) is 6. The molecule has 14 heteroatoms. The zero-order valence-electron chi connectivity index (χ0n) is 13.4. The van der Waals surface area contributed by atoms with Crippen LogP contribution in [0.25, 0.3) is 0 Å². The van der Waals surface area contributed by atoms with Gasteiger partial charge in [-0.1, -0.05) is 16.4 Å². The van der Waals surface area contributed by atoms with E-state index in [0.717, 1.165) is 6.07 Å². The molecule has 1 aliphatic heterocycles. The van der Waals surface area contributed by atoms with Crippen molar-refractivity contribution in [3.05, 3.63) is 29.3 Å². The van der Waals surface area contributed by atoms with E-state index in [2.05, 4.69) is 13.8 Å². The van der Waals surface area contributed by atoms with Gasteiger partial charge >= 0.3 is 10.4 Å². The molecule has 1 fully saturated rings. The molecule has 2 unspecified atom stereocenters. The second-order valence-electron chi connectivity index (χ2n) is 5.52. The van der Waals surface area contributed by atoms with E-state index in [-0.39, 0.29) is 28.5 Å². The van der Waals surface area contributed by atoms with Crippen molar-refractivity contribution >= 4 is 37.5 Å². The number of benzene rings is 1. The van der Waals surface area contributed by atoms with Gasteiger partial charge in [-0.05, 0) is 24.6 Å². The Morgan fingerprint density at radius 1 is 1.31 bits per heavy atom. The van der Waals surface area contributed by atoms with Gasteiger partial charge in [-0.2, -0.15) is 12.8 Å². The number of hydrogen-bond acceptors (Lipinski definition) is 9. The number of carbonyl (C=O) groups excluding carboxylic acids is 1. The molecule has 0 bridgehead atoms. The van der Waals surface area contributed by atoms with Crippen molar-refractivity contribution < 1.29 is 45.2 Å². The van der Waals surface area contributed by atoms with Gasteiger partial charge in [0.15, 0.2) is 0 Å². The van der Waals surface area contributed by atoms with Crippen molar-refractivity contribution in [2.45, 2.75) is 17.3 Å². The summed E-state index contributed by atoms with van der Waals surface area (Å²) in [4.78, 5) is 12.0. The molecule has 1 aromatic rings. The summed E-state index contributed by atoms with van der Waals surface area (Å²) in [6.45, 7) is 1.54. The standard InChI is InChI=1S/C12H19NO10S3/c1-8-2-3-9(6-10(8)25(16,17)18)12(14)13-4-5-24(23-15)7-11(24)22-26(19,20)21/h2-3,6,11,15-18H,4-5,7H2,1H3,(H,13,14)(H,19,20,21). The average molecular weight is 433 g/mol. The van der Waals surface area contributed by atoms with Gasteiger partial charge in [-0.15, -0.1) is 0 Å². The molecule has 150 valence electrons. The molecule has 0 spiro atoms. The first-order valence-electron chi connectivity index (χ1n) is 7.04. The van der Waals surface area contributed by atoms with Crippen LogP contribution in [0.1, 0.15) is 15.9 Å². The van der Waals surface area contributed by atoms with Crippen molar-refractivity contribution in [1.82, 2.24) is 5.32 Å². The topological polar surface area (TPSA) is 183 Å². The predicted octanol–water partition coefficient (Wildman–Crippen LogP) is 1.68. The molecule has 0 saturated carbocycles. The molecule has 1 amide bonds. The highest BCUT2D eigenvalue weighted by molar-refractivity contribution is 8.36. The first-order valence-corrected chi connectivity index (χ1v) is 11.9. The molecule has 0 aliphatic carbocycles. The first-order chi connectivity index (χ1) is 11.9. The third-order valence-corrected chi connectivity index (χ3v) is 8.12. The third kappa shape index (κ3) is 5.29. The average Bonchev–Trinajstić information content (AvgIpc) is 3.17. The largest absolute Gasteiger partial charge is 0.398 e. The molecule has 6 N–H and O–H groups in total. The molecule has 1 aliphatic rings. The van der Waals surface area contributed by atoms with Gasteiger partial charge in [0, 0.05) is 23.6 Å². The van der Waals surface area contributed by atoms with Crippen LogP contribution in [0, 0.1) is 6.92 Å². The van der Waals surface area contributed by atoms with Crippen LogP contribution in [0.5, 0.6) is 0 Å². The lowest BCUT2D eigenvalue weighted by Gasteiger charge is -2.22. The molecule has 11 nitrogen and oxygen atoms in total. The van der Waals surface area contributed by atoms with Crippen molar-refractivity contribution in [1.29, 1.82) is 0 Å². The van der Waals surface area contributed by atoms with Gasteiger partial charge in [0.25, 0.3) is 5.91 Å². The van der Waals surface area contributed by atoms with Crippen molar-refractivity contribution in [3.8, 4) is 0 Å². The Kier molecular flexibility index (Phi) is 6.23. The molecule has 0 radical (unpaired) electrons. The quantitative estimate of drug-likeness (QED) is 0.153. The van der Waals surface area contributed by atoms with Gasteiger partial charge in [0.05, 0.1) is 4.90 Å². The van der Waals surface area contributed by atoms with E-state index in [1.54, 1.807) is 0 Å². The zero-order valence-corrected chi connectivity index (χ0v) is 15.9. The summed E-state index contributed by atoms with van der Waals surface area (Å²) in [7, 11) is -10.9. The van der Waals surface area contributed by atoms with Crippen LogP contribution in [0.4, 0.5) is 0 Å². The summed E-state index contributed by atoms with van der Waals surface area (Å²) >= 11 is 0. The highest BCUT2D eigenvalue weighted by Crippen LogP contribution is 2.68. The Morgan fingerprint density at radius 3 is 2.50 bits per heavy atom. The van der Waals surface area contributed by atoms with Crippen LogP contribution >= 0.6 is 21.2 Å². The predicted molar refractivity (Wildman–Crippen MR) is 94.7 cm³/mol. The van der Waals surface area contributed by atoms with Crippen molar-refractivity contribution in [2.75, 3.05) is 18.1 Å². The monoisotopic (exact) mass is 433 g/mol. The molecule has 2 atom stereocenters. The summed E-state index contributed by atoms with van der Waals surface area (Å²) in [5.41, 5.74) is -0.535. The minimum absolute atomic E-state index is 0.00134. The van der Waals surface area contributed by atoms with E-state index in [4.69, 9.17) is 9.81 Å². The molecule has 1 aromatic carbocycles. The zero-order chi connectivity index (χ0) is 19.8. The van der Waals surface area contributed by atoms with Gasteiger partial charge < -0.3 is 19.0 Å². The minimum Gasteiger partial charge on any atom is -0.351 e. The Hall–Kier alpha value is -0.940. The van der Waals surface area contributed by atoms with E-state index < -0.39 is 42.9 Å². The van der Waals surface area contributed by atoms with Crippen LogP contribution in [-0.4, -0.2) is 61.3 Å². The third-order valence-electron chi connectivity index (χ3n) is 3.64. The fraction of sp³-hybridized carbons (Fsp3) is 0.417. The Balaban J connectivity index is 1.95. The molecule has 1 saturated heterocycles. The molecular formula is C12H19NO10S3. The maximum Gasteiger partial charge on any atom is 0.398 e.